The van der Waals surface area contributed by atoms with E-state index in [0.29, 0.717) is 19.5 Å². The van der Waals surface area contributed by atoms with Crippen molar-refractivity contribution in [1.82, 2.24) is 4.98 Å². The maximum Gasteiger partial charge on any atom is 0.152 e. The third-order valence-electron chi connectivity index (χ3n) is 3.40. The minimum atomic E-state index is -2.88. The van der Waals surface area contributed by atoms with E-state index in [1.165, 1.54) is 0 Å². The summed E-state index contributed by atoms with van der Waals surface area (Å²) in [4.78, 5) is 6.56. The van der Waals surface area contributed by atoms with Gasteiger partial charge in [0.25, 0.3) is 0 Å². The van der Waals surface area contributed by atoms with Crippen molar-refractivity contribution in [3.05, 3.63) is 23.4 Å². The van der Waals surface area contributed by atoms with Gasteiger partial charge in [-0.1, -0.05) is 6.07 Å². The molecule has 0 unspecified atom stereocenters. The standard InChI is InChI=1S/C13H21N3O2S/c1-11-9-12(3-4-14)10-15-13(11)16-5-2-7-19(17,18)8-6-16/h9-10H,2-8,14H2,1H3. The van der Waals surface area contributed by atoms with Crippen LogP contribution in [0.1, 0.15) is 17.5 Å². The quantitative estimate of drug-likeness (QED) is 0.875. The number of hydrogen-bond donors (Lipinski definition) is 1. The van der Waals surface area contributed by atoms with E-state index in [9.17, 15) is 8.42 Å². The van der Waals surface area contributed by atoms with Crippen LogP contribution in [0.25, 0.3) is 0 Å². The minimum absolute atomic E-state index is 0.221. The maximum atomic E-state index is 11.6. The van der Waals surface area contributed by atoms with Gasteiger partial charge < -0.3 is 10.6 Å². The molecule has 1 aliphatic heterocycles. The number of aromatic nitrogens is 1. The number of nitrogens with zero attached hydrogens (tertiary/aromatic N) is 2. The Balaban J connectivity index is 2.17. The molecule has 0 aromatic carbocycles. The van der Waals surface area contributed by atoms with Gasteiger partial charge in [-0.15, -0.1) is 0 Å². The molecule has 1 fully saturated rings. The lowest BCUT2D eigenvalue weighted by molar-refractivity contribution is 0.597. The molecule has 19 heavy (non-hydrogen) atoms. The molecule has 0 aliphatic carbocycles. The van der Waals surface area contributed by atoms with Gasteiger partial charge in [-0.25, -0.2) is 13.4 Å². The third kappa shape index (κ3) is 3.67. The highest BCUT2D eigenvalue weighted by atomic mass is 32.2. The summed E-state index contributed by atoms with van der Waals surface area (Å²) < 4.78 is 23.2. The molecule has 1 aliphatic rings. The van der Waals surface area contributed by atoms with E-state index in [4.69, 9.17) is 5.73 Å². The smallest absolute Gasteiger partial charge is 0.152 e. The van der Waals surface area contributed by atoms with Gasteiger partial charge in [-0.3, -0.25) is 0 Å². The average molecular weight is 283 g/mol. The summed E-state index contributed by atoms with van der Waals surface area (Å²) in [6, 6.07) is 2.09. The summed E-state index contributed by atoms with van der Waals surface area (Å²) >= 11 is 0. The number of rotatable bonds is 3. The molecule has 0 saturated carbocycles. The van der Waals surface area contributed by atoms with Crippen LogP contribution in [0.2, 0.25) is 0 Å². The third-order valence-corrected chi connectivity index (χ3v) is 5.11. The Labute approximate surface area is 114 Å². The number of hydrogen-bond acceptors (Lipinski definition) is 5. The number of anilines is 1. The maximum absolute atomic E-state index is 11.6. The first-order chi connectivity index (χ1) is 9.02. The van der Waals surface area contributed by atoms with E-state index in [1.807, 2.05) is 13.1 Å². The first-order valence-electron chi connectivity index (χ1n) is 6.63. The van der Waals surface area contributed by atoms with Crippen LogP contribution in [0.4, 0.5) is 5.82 Å². The second kappa shape index (κ2) is 5.88. The molecule has 1 aromatic rings. The second-order valence-corrected chi connectivity index (χ2v) is 7.32. The molecule has 0 radical (unpaired) electrons. The summed E-state index contributed by atoms with van der Waals surface area (Å²) in [6.45, 7) is 3.92. The molecular weight excluding hydrogens is 262 g/mol. The zero-order valence-electron chi connectivity index (χ0n) is 11.3. The van der Waals surface area contributed by atoms with E-state index >= 15 is 0 Å². The van der Waals surface area contributed by atoms with Gasteiger partial charge in [0, 0.05) is 19.3 Å². The van der Waals surface area contributed by atoms with Gasteiger partial charge in [-0.2, -0.15) is 0 Å². The summed E-state index contributed by atoms with van der Waals surface area (Å²) in [7, 11) is -2.88. The van der Waals surface area contributed by atoms with Crippen molar-refractivity contribution in [3.8, 4) is 0 Å². The molecular formula is C13H21N3O2S. The molecule has 2 rings (SSSR count). The molecule has 6 heteroatoms. The van der Waals surface area contributed by atoms with Crippen molar-refractivity contribution in [2.75, 3.05) is 36.0 Å². The van der Waals surface area contributed by atoms with Crippen LogP contribution < -0.4 is 10.6 Å². The molecule has 2 N–H and O–H groups in total. The van der Waals surface area contributed by atoms with E-state index in [-0.39, 0.29) is 11.5 Å². The zero-order valence-corrected chi connectivity index (χ0v) is 12.1. The molecule has 0 atom stereocenters. The van der Waals surface area contributed by atoms with Gasteiger partial charge in [0.05, 0.1) is 11.5 Å². The Kier molecular flexibility index (Phi) is 4.42. The molecule has 1 saturated heterocycles. The Morgan fingerprint density at radius 1 is 1.37 bits per heavy atom. The van der Waals surface area contributed by atoms with Crippen LogP contribution in [0.15, 0.2) is 12.3 Å². The highest BCUT2D eigenvalue weighted by Crippen LogP contribution is 2.20. The van der Waals surface area contributed by atoms with Crippen molar-refractivity contribution in [3.63, 3.8) is 0 Å². The first kappa shape index (κ1) is 14.3. The van der Waals surface area contributed by atoms with Crippen molar-refractivity contribution in [1.29, 1.82) is 0 Å². The van der Waals surface area contributed by atoms with Crippen LogP contribution in [-0.4, -0.2) is 44.5 Å². The van der Waals surface area contributed by atoms with Crippen molar-refractivity contribution < 1.29 is 8.42 Å². The highest BCUT2D eigenvalue weighted by Gasteiger charge is 2.20. The lowest BCUT2D eigenvalue weighted by Gasteiger charge is -2.23. The Bertz CT molecular complexity index is 543. The van der Waals surface area contributed by atoms with Crippen LogP contribution in [0.5, 0.6) is 0 Å². The topological polar surface area (TPSA) is 76.3 Å². The second-order valence-electron chi connectivity index (χ2n) is 5.02. The Morgan fingerprint density at radius 3 is 2.84 bits per heavy atom. The van der Waals surface area contributed by atoms with Crippen LogP contribution in [0, 0.1) is 6.92 Å². The average Bonchev–Trinajstić information content (AvgIpc) is 2.51. The molecule has 0 amide bonds. The molecule has 2 heterocycles. The van der Waals surface area contributed by atoms with Crippen molar-refractivity contribution in [2.24, 2.45) is 5.73 Å². The number of pyridine rings is 1. The van der Waals surface area contributed by atoms with E-state index in [1.54, 1.807) is 0 Å². The van der Waals surface area contributed by atoms with Gasteiger partial charge in [-0.05, 0) is 37.4 Å². The SMILES string of the molecule is Cc1cc(CCN)cnc1N1CCCS(=O)(=O)CC1. The van der Waals surface area contributed by atoms with E-state index < -0.39 is 9.84 Å². The molecule has 106 valence electrons. The summed E-state index contributed by atoms with van der Waals surface area (Å²) in [5, 5.41) is 0. The van der Waals surface area contributed by atoms with E-state index in [0.717, 1.165) is 29.9 Å². The monoisotopic (exact) mass is 283 g/mol. The van der Waals surface area contributed by atoms with Crippen molar-refractivity contribution in [2.45, 2.75) is 19.8 Å². The van der Waals surface area contributed by atoms with Gasteiger partial charge >= 0.3 is 0 Å². The lowest BCUT2D eigenvalue weighted by atomic mass is 10.1. The van der Waals surface area contributed by atoms with E-state index in [2.05, 4.69) is 16.0 Å². The fourth-order valence-electron chi connectivity index (χ4n) is 2.41. The molecule has 1 aromatic heterocycles. The largest absolute Gasteiger partial charge is 0.355 e. The lowest BCUT2D eigenvalue weighted by Crippen LogP contribution is -2.28. The summed E-state index contributed by atoms with van der Waals surface area (Å²) in [5.41, 5.74) is 7.76. The Morgan fingerprint density at radius 2 is 2.16 bits per heavy atom. The van der Waals surface area contributed by atoms with Crippen LogP contribution in [0.3, 0.4) is 0 Å². The van der Waals surface area contributed by atoms with Gasteiger partial charge in [0.15, 0.2) is 9.84 Å². The highest BCUT2D eigenvalue weighted by molar-refractivity contribution is 7.91. The number of sulfone groups is 1. The molecule has 0 bridgehead atoms. The zero-order chi connectivity index (χ0) is 13.9. The molecule has 0 spiro atoms. The Hall–Kier alpha value is -1.14. The molecule has 5 nitrogen and oxygen atoms in total. The first-order valence-corrected chi connectivity index (χ1v) is 8.45. The van der Waals surface area contributed by atoms with Crippen molar-refractivity contribution >= 4 is 15.7 Å². The predicted molar refractivity (Wildman–Crippen MR) is 77.2 cm³/mol. The minimum Gasteiger partial charge on any atom is -0.355 e. The fraction of sp³-hybridized carbons (Fsp3) is 0.615. The number of nitrogens with two attached hydrogens (primary N) is 1. The summed E-state index contributed by atoms with van der Waals surface area (Å²) in [5.74, 6) is 1.41. The summed E-state index contributed by atoms with van der Waals surface area (Å²) in [6.07, 6.45) is 3.34. The predicted octanol–water partition coefficient (Wildman–Crippen LogP) is 0.516. The fourth-order valence-corrected chi connectivity index (χ4v) is 3.68. The van der Waals surface area contributed by atoms with Crippen LogP contribution in [-0.2, 0) is 16.3 Å². The van der Waals surface area contributed by atoms with Gasteiger partial charge in [0.1, 0.15) is 5.82 Å². The van der Waals surface area contributed by atoms with Crippen LogP contribution >= 0.6 is 0 Å². The number of aryl methyl sites for hydroxylation is 1. The normalized spacial score (nSPS) is 19.2. The van der Waals surface area contributed by atoms with Gasteiger partial charge in [0.2, 0.25) is 0 Å².